The lowest BCUT2D eigenvalue weighted by atomic mass is 9.93. The van der Waals surface area contributed by atoms with Crippen molar-refractivity contribution >= 4 is 44.2 Å². The van der Waals surface area contributed by atoms with E-state index in [9.17, 15) is 0 Å². The summed E-state index contributed by atoms with van der Waals surface area (Å²) in [6, 6.07) is 7.17. The molecule has 1 aliphatic rings. The van der Waals surface area contributed by atoms with E-state index < -0.39 is 0 Å². The number of hydrogen-bond donors (Lipinski definition) is 1. The van der Waals surface area contributed by atoms with E-state index in [1.807, 2.05) is 0 Å². The van der Waals surface area contributed by atoms with E-state index in [0.717, 1.165) is 17.6 Å². The van der Waals surface area contributed by atoms with Gasteiger partial charge in [0.25, 0.3) is 0 Å². The molecule has 2 atom stereocenters. The summed E-state index contributed by atoms with van der Waals surface area (Å²) in [4.78, 5) is 2.50. The Kier molecular flexibility index (Phi) is 4.72. The van der Waals surface area contributed by atoms with Crippen LogP contribution in [0.5, 0.6) is 0 Å². The Hall–Kier alpha value is 0.190. The molecule has 1 aromatic carbocycles. The van der Waals surface area contributed by atoms with Crippen molar-refractivity contribution in [1.29, 1.82) is 0 Å². The summed E-state index contributed by atoms with van der Waals surface area (Å²) in [6.45, 7) is 4.61. The third-order valence-corrected chi connectivity index (χ3v) is 4.93. The zero-order chi connectivity index (χ0) is 12.4. The molecule has 0 spiro atoms. The summed E-state index contributed by atoms with van der Waals surface area (Å²) in [5.41, 5.74) is 1.36. The maximum atomic E-state index is 3.56. The van der Waals surface area contributed by atoms with Crippen molar-refractivity contribution in [2.45, 2.75) is 19.4 Å². The molecule has 1 heterocycles. The highest BCUT2D eigenvalue weighted by atomic mass is 127. The van der Waals surface area contributed by atoms with Crippen LogP contribution in [0, 0.1) is 9.49 Å². The minimum absolute atomic E-state index is 0.663. The molecule has 1 N–H and O–H groups in total. The Morgan fingerprint density at radius 3 is 2.88 bits per heavy atom. The number of hydrogen-bond acceptors (Lipinski definition) is 2. The van der Waals surface area contributed by atoms with E-state index in [1.165, 1.54) is 15.7 Å². The number of nitrogens with zero attached hydrogens (tertiary/aromatic N) is 1. The molecule has 0 radical (unpaired) electrons. The van der Waals surface area contributed by atoms with Crippen LogP contribution in [0.2, 0.25) is 0 Å². The van der Waals surface area contributed by atoms with Gasteiger partial charge in [-0.2, -0.15) is 0 Å². The zero-order valence-electron chi connectivity index (χ0n) is 10.2. The largest absolute Gasteiger partial charge is 0.370 e. The highest BCUT2D eigenvalue weighted by Gasteiger charge is 2.25. The second-order valence-electron chi connectivity index (χ2n) is 4.70. The molecule has 4 heteroatoms. The van der Waals surface area contributed by atoms with Crippen molar-refractivity contribution in [3.05, 3.63) is 26.2 Å². The maximum Gasteiger partial charge on any atom is 0.0513 e. The van der Waals surface area contributed by atoms with Gasteiger partial charge in [0.1, 0.15) is 0 Å². The number of piperidine rings is 1. The highest BCUT2D eigenvalue weighted by molar-refractivity contribution is 14.1. The standard InChI is InChI=1S/C13H18BrIN2/c1-9-8-17(6-5-12(9)16-2)13-7-10(14)3-4-11(13)15/h3-4,7,9,12,16H,5-6,8H2,1-2H3. The van der Waals surface area contributed by atoms with Gasteiger partial charge in [0.05, 0.1) is 5.69 Å². The second-order valence-corrected chi connectivity index (χ2v) is 6.78. The maximum absolute atomic E-state index is 3.56. The van der Waals surface area contributed by atoms with Crippen LogP contribution >= 0.6 is 38.5 Å². The van der Waals surface area contributed by atoms with Gasteiger partial charge in [-0.05, 0) is 60.2 Å². The molecule has 0 bridgehead atoms. The first-order valence-electron chi connectivity index (χ1n) is 5.99. The van der Waals surface area contributed by atoms with Crippen LogP contribution in [0.15, 0.2) is 22.7 Å². The average molecular weight is 409 g/mol. The highest BCUT2D eigenvalue weighted by Crippen LogP contribution is 2.30. The molecular weight excluding hydrogens is 391 g/mol. The third-order valence-electron chi connectivity index (χ3n) is 3.52. The van der Waals surface area contributed by atoms with E-state index in [0.29, 0.717) is 12.0 Å². The third kappa shape index (κ3) is 3.15. The quantitative estimate of drug-likeness (QED) is 0.753. The van der Waals surface area contributed by atoms with Gasteiger partial charge in [0, 0.05) is 27.2 Å². The molecule has 94 valence electrons. The molecule has 1 saturated heterocycles. The van der Waals surface area contributed by atoms with Crippen LogP contribution in [-0.4, -0.2) is 26.2 Å². The van der Waals surface area contributed by atoms with Crippen LogP contribution in [0.3, 0.4) is 0 Å². The van der Waals surface area contributed by atoms with E-state index in [-0.39, 0.29) is 0 Å². The van der Waals surface area contributed by atoms with E-state index in [2.05, 4.69) is 80.9 Å². The van der Waals surface area contributed by atoms with Crippen molar-refractivity contribution in [3.63, 3.8) is 0 Å². The lowest BCUT2D eigenvalue weighted by Crippen LogP contribution is -2.47. The van der Waals surface area contributed by atoms with Crippen molar-refractivity contribution in [3.8, 4) is 0 Å². The topological polar surface area (TPSA) is 15.3 Å². The summed E-state index contributed by atoms with van der Waals surface area (Å²) in [5.74, 6) is 0.698. The van der Waals surface area contributed by atoms with Crippen molar-refractivity contribution in [2.24, 2.45) is 5.92 Å². The molecule has 17 heavy (non-hydrogen) atoms. The molecule has 1 fully saturated rings. The number of rotatable bonds is 2. The van der Waals surface area contributed by atoms with Gasteiger partial charge < -0.3 is 10.2 Å². The lowest BCUT2D eigenvalue weighted by molar-refractivity contribution is 0.338. The smallest absolute Gasteiger partial charge is 0.0513 e. The molecule has 0 saturated carbocycles. The average Bonchev–Trinajstić information content (AvgIpc) is 2.32. The Balaban J connectivity index is 2.16. The first kappa shape index (κ1) is 13.6. The van der Waals surface area contributed by atoms with Gasteiger partial charge in [0.2, 0.25) is 0 Å². The summed E-state index contributed by atoms with van der Waals surface area (Å²) in [5, 5.41) is 3.41. The number of nitrogens with one attached hydrogen (secondary N) is 1. The van der Waals surface area contributed by atoms with Gasteiger partial charge in [-0.3, -0.25) is 0 Å². The van der Waals surface area contributed by atoms with E-state index >= 15 is 0 Å². The van der Waals surface area contributed by atoms with Gasteiger partial charge in [-0.1, -0.05) is 22.9 Å². The first-order chi connectivity index (χ1) is 8.11. The molecule has 2 unspecified atom stereocenters. The Bertz CT molecular complexity index is 397. The fourth-order valence-electron chi connectivity index (χ4n) is 2.52. The Morgan fingerprint density at radius 1 is 1.47 bits per heavy atom. The minimum Gasteiger partial charge on any atom is -0.370 e. The van der Waals surface area contributed by atoms with Crippen molar-refractivity contribution < 1.29 is 0 Å². The number of benzene rings is 1. The van der Waals surface area contributed by atoms with Gasteiger partial charge in [-0.15, -0.1) is 0 Å². The molecule has 1 aliphatic heterocycles. The fourth-order valence-corrected chi connectivity index (χ4v) is 3.55. The van der Waals surface area contributed by atoms with Crippen LogP contribution in [0.1, 0.15) is 13.3 Å². The molecule has 0 aromatic heterocycles. The molecule has 0 aliphatic carbocycles. The molecule has 2 rings (SSSR count). The van der Waals surface area contributed by atoms with Crippen LogP contribution < -0.4 is 10.2 Å². The number of halogens is 2. The summed E-state index contributed by atoms with van der Waals surface area (Å²) in [7, 11) is 2.07. The first-order valence-corrected chi connectivity index (χ1v) is 7.86. The number of anilines is 1. The Morgan fingerprint density at radius 2 is 2.24 bits per heavy atom. The molecule has 2 nitrogen and oxygen atoms in total. The lowest BCUT2D eigenvalue weighted by Gasteiger charge is -2.38. The Labute approximate surface area is 125 Å². The predicted molar refractivity (Wildman–Crippen MR) is 85.7 cm³/mol. The van der Waals surface area contributed by atoms with Crippen LogP contribution in [0.25, 0.3) is 0 Å². The normalized spacial score (nSPS) is 25.1. The van der Waals surface area contributed by atoms with Crippen molar-refractivity contribution in [1.82, 2.24) is 5.32 Å². The summed E-state index contributed by atoms with van der Waals surface area (Å²) < 4.78 is 2.50. The fraction of sp³-hybridized carbons (Fsp3) is 0.538. The van der Waals surface area contributed by atoms with Gasteiger partial charge in [-0.25, -0.2) is 0 Å². The minimum atomic E-state index is 0.663. The monoisotopic (exact) mass is 408 g/mol. The van der Waals surface area contributed by atoms with E-state index in [4.69, 9.17) is 0 Å². The van der Waals surface area contributed by atoms with Crippen LogP contribution in [0.4, 0.5) is 5.69 Å². The second kappa shape index (κ2) is 5.89. The predicted octanol–water partition coefficient (Wildman–Crippen LogP) is 3.49. The summed E-state index contributed by atoms with van der Waals surface area (Å²) in [6.07, 6.45) is 1.22. The summed E-state index contributed by atoms with van der Waals surface area (Å²) >= 11 is 5.98. The van der Waals surface area contributed by atoms with E-state index in [1.54, 1.807) is 0 Å². The molecule has 1 aromatic rings. The van der Waals surface area contributed by atoms with Gasteiger partial charge in [0.15, 0.2) is 0 Å². The molecule has 0 amide bonds. The SMILES string of the molecule is CNC1CCN(c2cc(Br)ccc2I)CC1C. The van der Waals surface area contributed by atoms with Crippen LogP contribution in [-0.2, 0) is 0 Å². The van der Waals surface area contributed by atoms with Gasteiger partial charge >= 0.3 is 0 Å². The van der Waals surface area contributed by atoms with Crippen molar-refractivity contribution in [2.75, 3.05) is 25.0 Å². The zero-order valence-corrected chi connectivity index (χ0v) is 14.0. The molecular formula is C13H18BrIN2.